The Kier molecular flexibility index (Phi) is 11.9. The second-order valence-electron chi connectivity index (χ2n) is 10.8. The third-order valence-electron chi connectivity index (χ3n) is 7.05. The Hall–Kier alpha value is -3.07. The molecule has 0 bridgehead atoms. The van der Waals surface area contributed by atoms with Gasteiger partial charge in [0, 0.05) is 42.0 Å². The van der Waals surface area contributed by atoms with E-state index in [4.69, 9.17) is 23.2 Å². The van der Waals surface area contributed by atoms with E-state index in [0.717, 1.165) is 22.9 Å². The van der Waals surface area contributed by atoms with Crippen LogP contribution < -0.4 is 9.62 Å². The van der Waals surface area contributed by atoms with Gasteiger partial charge in [-0.1, -0.05) is 71.7 Å². The molecule has 1 N–H and O–H groups in total. The molecule has 0 fully saturated rings. The summed E-state index contributed by atoms with van der Waals surface area (Å²) in [6, 6.07) is 19.1. The molecule has 0 aliphatic rings. The third-order valence-corrected chi connectivity index (χ3v) is 8.82. The second-order valence-corrected chi connectivity index (χ2v) is 13.5. The van der Waals surface area contributed by atoms with Gasteiger partial charge in [-0.3, -0.25) is 13.9 Å². The molecule has 0 unspecified atom stereocenters. The van der Waals surface area contributed by atoms with Gasteiger partial charge in [0.05, 0.1) is 11.9 Å². The molecule has 3 rings (SSSR count). The Labute approximate surface area is 259 Å². The van der Waals surface area contributed by atoms with Crippen molar-refractivity contribution in [2.75, 3.05) is 17.1 Å². The first-order valence-corrected chi connectivity index (χ1v) is 16.5. The highest BCUT2D eigenvalue weighted by molar-refractivity contribution is 7.92. The van der Waals surface area contributed by atoms with Gasteiger partial charge in [0.15, 0.2) is 0 Å². The molecule has 0 spiro atoms. The number of amides is 2. The Morgan fingerprint density at radius 2 is 1.64 bits per heavy atom. The molecule has 1 atom stereocenters. The number of sulfonamides is 1. The molecule has 3 aromatic carbocycles. The SMILES string of the molecule is Cc1cccc(N(CCCC(=O)N(Cc2ccc(Cl)cc2Cl)[C@H](Cc2ccccc2)C(=O)NC(C)C)S(C)(=O)=O)c1C. The minimum Gasteiger partial charge on any atom is -0.352 e. The first kappa shape index (κ1) is 33.4. The number of carbonyl (C=O) groups is 2. The number of hydrogen-bond donors (Lipinski definition) is 1. The molecule has 0 radical (unpaired) electrons. The Balaban J connectivity index is 1.93. The average Bonchev–Trinajstić information content (AvgIpc) is 2.91. The van der Waals surface area contributed by atoms with E-state index in [9.17, 15) is 18.0 Å². The Morgan fingerprint density at radius 1 is 0.952 bits per heavy atom. The van der Waals surface area contributed by atoms with Crippen LogP contribution in [0.4, 0.5) is 5.69 Å². The molecule has 226 valence electrons. The predicted molar refractivity (Wildman–Crippen MR) is 172 cm³/mol. The largest absolute Gasteiger partial charge is 0.352 e. The molecular weight excluding hydrogens is 593 g/mol. The lowest BCUT2D eigenvalue weighted by molar-refractivity contribution is -0.141. The van der Waals surface area contributed by atoms with Crippen molar-refractivity contribution in [1.82, 2.24) is 10.2 Å². The fourth-order valence-corrected chi connectivity index (χ4v) is 6.24. The van der Waals surface area contributed by atoms with Crippen LogP contribution in [0.1, 0.15) is 48.9 Å². The maximum Gasteiger partial charge on any atom is 0.243 e. The molecule has 0 aliphatic heterocycles. The number of rotatable bonds is 13. The van der Waals surface area contributed by atoms with Crippen LogP contribution in [0.2, 0.25) is 10.0 Å². The van der Waals surface area contributed by atoms with Crippen molar-refractivity contribution in [3.8, 4) is 0 Å². The van der Waals surface area contributed by atoms with Crippen molar-refractivity contribution in [2.45, 2.75) is 65.6 Å². The smallest absolute Gasteiger partial charge is 0.243 e. The van der Waals surface area contributed by atoms with Gasteiger partial charge in [0.1, 0.15) is 6.04 Å². The number of anilines is 1. The lowest BCUT2D eigenvalue weighted by Gasteiger charge is -2.33. The Bertz CT molecular complexity index is 1500. The highest BCUT2D eigenvalue weighted by atomic mass is 35.5. The van der Waals surface area contributed by atoms with Crippen LogP contribution in [0.3, 0.4) is 0 Å². The lowest BCUT2D eigenvalue weighted by atomic mass is 10.0. The molecule has 7 nitrogen and oxygen atoms in total. The van der Waals surface area contributed by atoms with E-state index < -0.39 is 16.1 Å². The van der Waals surface area contributed by atoms with Crippen LogP contribution >= 0.6 is 23.2 Å². The van der Waals surface area contributed by atoms with E-state index in [2.05, 4.69) is 5.32 Å². The number of halogens is 2. The first-order chi connectivity index (χ1) is 19.8. The highest BCUT2D eigenvalue weighted by Gasteiger charge is 2.31. The summed E-state index contributed by atoms with van der Waals surface area (Å²) in [5, 5.41) is 3.82. The lowest BCUT2D eigenvalue weighted by Crippen LogP contribution is -2.51. The van der Waals surface area contributed by atoms with Gasteiger partial charge in [0.2, 0.25) is 21.8 Å². The monoisotopic (exact) mass is 631 g/mol. The van der Waals surface area contributed by atoms with E-state index in [0.29, 0.717) is 27.7 Å². The molecular formula is C32H39Cl2N3O4S. The summed E-state index contributed by atoms with van der Waals surface area (Å²) in [6.07, 6.45) is 1.75. The maximum absolute atomic E-state index is 13.9. The van der Waals surface area contributed by atoms with Crippen LogP contribution in [-0.4, -0.2) is 50.0 Å². The van der Waals surface area contributed by atoms with Gasteiger partial charge in [-0.2, -0.15) is 0 Å². The van der Waals surface area contributed by atoms with Gasteiger partial charge in [-0.25, -0.2) is 8.42 Å². The van der Waals surface area contributed by atoms with E-state index in [-0.39, 0.29) is 43.8 Å². The van der Waals surface area contributed by atoms with Crippen LogP contribution in [-0.2, 0) is 32.6 Å². The summed E-state index contributed by atoms with van der Waals surface area (Å²) in [6.45, 7) is 7.75. The molecule has 0 aromatic heterocycles. The standard InChI is InChI=1S/C32H39Cl2N3O4S/c1-22(2)35-32(39)30(19-25-12-7-6-8-13-25)36(21-26-16-17-27(33)20-28(26)34)31(38)15-10-18-37(42(5,40)41)29-14-9-11-23(3)24(29)4/h6-9,11-14,16-17,20,22,30H,10,15,18-19,21H2,1-5H3,(H,35,39)/t30-/m1/s1. The number of carbonyl (C=O) groups excluding carboxylic acids is 2. The molecule has 0 aliphatic carbocycles. The van der Waals surface area contributed by atoms with Crippen LogP contribution in [0.15, 0.2) is 66.7 Å². The van der Waals surface area contributed by atoms with E-state index >= 15 is 0 Å². The molecule has 0 heterocycles. The summed E-state index contributed by atoms with van der Waals surface area (Å²) >= 11 is 12.6. The highest BCUT2D eigenvalue weighted by Crippen LogP contribution is 2.27. The summed E-state index contributed by atoms with van der Waals surface area (Å²) in [7, 11) is -3.60. The summed E-state index contributed by atoms with van der Waals surface area (Å²) in [5.74, 6) is -0.560. The maximum atomic E-state index is 13.9. The van der Waals surface area contributed by atoms with E-state index in [1.54, 1.807) is 29.2 Å². The zero-order valence-corrected chi connectivity index (χ0v) is 27.1. The summed E-state index contributed by atoms with van der Waals surface area (Å²) < 4.78 is 26.9. The number of benzene rings is 3. The number of hydrogen-bond acceptors (Lipinski definition) is 4. The van der Waals surface area contributed by atoms with Crippen LogP contribution in [0.5, 0.6) is 0 Å². The summed E-state index contributed by atoms with van der Waals surface area (Å²) in [4.78, 5) is 29.0. The molecule has 2 amide bonds. The van der Waals surface area contributed by atoms with Gasteiger partial charge >= 0.3 is 0 Å². The minimum absolute atomic E-state index is 0.0301. The van der Waals surface area contributed by atoms with E-state index in [1.165, 1.54) is 4.31 Å². The predicted octanol–water partition coefficient (Wildman–Crippen LogP) is 6.32. The van der Waals surface area contributed by atoms with E-state index in [1.807, 2.05) is 70.2 Å². The van der Waals surface area contributed by atoms with Crippen molar-refractivity contribution >= 4 is 50.7 Å². The third kappa shape index (κ3) is 9.21. The fraction of sp³-hybridized carbons (Fsp3) is 0.375. The molecule has 10 heteroatoms. The zero-order valence-electron chi connectivity index (χ0n) is 24.7. The average molecular weight is 633 g/mol. The normalized spacial score (nSPS) is 12.2. The van der Waals surface area contributed by atoms with Gasteiger partial charge in [-0.15, -0.1) is 0 Å². The topological polar surface area (TPSA) is 86.8 Å². The van der Waals surface area contributed by atoms with Crippen LogP contribution in [0, 0.1) is 13.8 Å². The second kappa shape index (κ2) is 14.9. The van der Waals surface area contributed by atoms with Crippen molar-refractivity contribution in [3.63, 3.8) is 0 Å². The molecule has 42 heavy (non-hydrogen) atoms. The van der Waals surface area contributed by atoms with Gasteiger partial charge in [-0.05, 0) is 74.6 Å². The van der Waals surface area contributed by atoms with Gasteiger partial charge in [0.25, 0.3) is 0 Å². The van der Waals surface area contributed by atoms with Crippen molar-refractivity contribution in [1.29, 1.82) is 0 Å². The molecule has 0 saturated heterocycles. The molecule has 3 aromatic rings. The first-order valence-electron chi connectivity index (χ1n) is 13.9. The number of nitrogens with one attached hydrogen (secondary N) is 1. The fourth-order valence-electron chi connectivity index (χ4n) is 4.76. The zero-order chi connectivity index (χ0) is 31.0. The van der Waals surface area contributed by atoms with Gasteiger partial charge < -0.3 is 10.2 Å². The molecule has 0 saturated carbocycles. The van der Waals surface area contributed by atoms with Crippen molar-refractivity contribution in [2.24, 2.45) is 0 Å². The Morgan fingerprint density at radius 3 is 2.26 bits per heavy atom. The van der Waals surface area contributed by atoms with Crippen molar-refractivity contribution in [3.05, 3.63) is 99.0 Å². The number of nitrogens with zero attached hydrogens (tertiary/aromatic N) is 2. The minimum atomic E-state index is -3.60. The number of aryl methyl sites for hydroxylation is 1. The van der Waals surface area contributed by atoms with Crippen molar-refractivity contribution < 1.29 is 18.0 Å². The summed E-state index contributed by atoms with van der Waals surface area (Å²) in [5.41, 5.74) is 3.98. The van der Waals surface area contributed by atoms with Crippen LogP contribution in [0.25, 0.3) is 0 Å². The quantitative estimate of drug-likeness (QED) is 0.239.